The van der Waals surface area contributed by atoms with Crippen molar-refractivity contribution in [2.45, 2.75) is 388 Å². The van der Waals surface area contributed by atoms with Gasteiger partial charge in [0.25, 0.3) is 0 Å². The van der Waals surface area contributed by atoms with Gasteiger partial charge in [-0.1, -0.05) is 318 Å². The highest BCUT2D eigenvalue weighted by molar-refractivity contribution is 7.47. The fourth-order valence-corrected chi connectivity index (χ4v) is 12.6. The minimum Gasteiger partial charge on any atom is -0.462 e. The number of esters is 4. The summed E-state index contributed by atoms with van der Waals surface area (Å²) >= 11 is 0. The van der Waals surface area contributed by atoms with Gasteiger partial charge in [0.05, 0.1) is 26.4 Å². The molecule has 0 saturated heterocycles. The van der Waals surface area contributed by atoms with Crippen molar-refractivity contribution < 1.29 is 80.2 Å². The van der Waals surface area contributed by atoms with E-state index in [2.05, 4.69) is 48.5 Å². The SMILES string of the molecule is CCCCCCCCCCCCCCCCCCCC(=O)O[C@H](COC(=O)CCCCCCCCCCCCC(C)C)COP(=O)(O)OC[C@@H](O)COP(=O)(O)OC[C@@H](COC(=O)CCCCCCCCC(C)CC)OC(=O)CCCCCCCCCCCC(C)C. The number of aliphatic hydroxyl groups excluding tert-OH is 1. The molecule has 0 aliphatic carbocycles. The van der Waals surface area contributed by atoms with Gasteiger partial charge in [-0.3, -0.25) is 37.3 Å². The number of unbranched alkanes of at least 4 members (excludes halogenated alkanes) is 38. The number of hydrogen-bond acceptors (Lipinski definition) is 15. The molecule has 19 heteroatoms. The normalized spacial score (nSPS) is 14.4. The van der Waals surface area contributed by atoms with Gasteiger partial charge in [-0.25, -0.2) is 9.13 Å². The number of phosphoric acid groups is 2. The monoisotopic (exact) mass is 1350 g/mol. The number of rotatable bonds is 71. The molecule has 0 heterocycles. The van der Waals surface area contributed by atoms with Crippen molar-refractivity contribution in [3.05, 3.63) is 0 Å². The van der Waals surface area contributed by atoms with Crippen molar-refractivity contribution >= 4 is 39.5 Å². The van der Waals surface area contributed by atoms with Gasteiger partial charge in [-0.2, -0.15) is 0 Å². The highest BCUT2D eigenvalue weighted by Crippen LogP contribution is 2.45. The van der Waals surface area contributed by atoms with Crippen LogP contribution in [0.3, 0.4) is 0 Å². The molecule has 0 fully saturated rings. The number of hydrogen-bond donors (Lipinski definition) is 3. The van der Waals surface area contributed by atoms with Crippen LogP contribution in [0.15, 0.2) is 0 Å². The minimum absolute atomic E-state index is 0.104. The molecule has 0 aromatic rings. The van der Waals surface area contributed by atoms with Crippen LogP contribution in [0, 0.1) is 17.8 Å². The molecule has 0 radical (unpaired) electrons. The molecule has 3 N–H and O–H groups in total. The topological polar surface area (TPSA) is 237 Å². The van der Waals surface area contributed by atoms with E-state index in [0.717, 1.165) is 114 Å². The lowest BCUT2D eigenvalue weighted by molar-refractivity contribution is -0.161. The Morgan fingerprint density at radius 1 is 0.315 bits per heavy atom. The van der Waals surface area contributed by atoms with E-state index >= 15 is 0 Å². The smallest absolute Gasteiger partial charge is 0.462 e. The molecule has 0 spiro atoms. The maximum Gasteiger partial charge on any atom is 0.472 e. The Bertz CT molecular complexity index is 1800. The maximum atomic E-state index is 13.1. The van der Waals surface area contributed by atoms with E-state index < -0.39 is 97.5 Å². The van der Waals surface area contributed by atoms with Crippen LogP contribution >= 0.6 is 15.6 Å². The third-order valence-corrected chi connectivity index (χ3v) is 19.1. The lowest BCUT2D eigenvalue weighted by Crippen LogP contribution is -2.30. The summed E-state index contributed by atoms with van der Waals surface area (Å²) in [4.78, 5) is 72.7. The number of phosphoric ester groups is 2. The summed E-state index contributed by atoms with van der Waals surface area (Å²) < 4.78 is 68.4. The van der Waals surface area contributed by atoms with Crippen LogP contribution in [0.1, 0.15) is 370 Å². The van der Waals surface area contributed by atoms with Crippen LogP contribution in [0.25, 0.3) is 0 Å². The zero-order valence-electron chi connectivity index (χ0n) is 60.0. The molecule has 92 heavy (non-hydrogen) atoms. The summed E-state index contributed by atoms with van der Waals surface area (Å²) in [7, 11) is -9.91. The van der Waals surface area contributed by atoms with Gasteiger partial charge in [0, 0.05) is 25.7 Å². The molecular weight excluding hydrogens is 1210 g/mol. The van der Waals surface area contributed by atoms with E-state index in [1.165, 1.54) is 173 Å². The van der Waals surface area contributed by atoms with Crippen LogP contribution in [0.2, 0.25) is 0 Å². The summed E-state index contributed by atoms with van der Waals surface area (Å²) in [6.07, 6.45) is 48.6. The van der Waals surface area contributed by atoms with Gasteiger partial charge in [0.1, 0.15) is 19.3 Å². The molecule has 0 saturated carbocycles. The third kappa shape index (κ3) is 65.4. The fourth-order valence-electron chi connectivity index (χ4n) is 11.0. The molecule has 0 rings (SSSR count). The minimum atomic E-state index is -4.96. The van der Waals surface area contributed by atoms with Crippen LogP contribution in [-0.4, -0.2) is 96.7 Å². The highest BCUT2D eigenvalue weighted by Gasteiger charge is 2.30. The van der Waals surface area contributed by atoms with Gasteiger partial charge in [0.15, 0.2) is 12.2 Å². The predicted molar refractivity (Wildman–Crippen MR) is 372 cm³/mol. The van der Waals surface area contributed by atoms with Gasteiger partial charge in [0.2, 0.25) is 0 Å². The molecule has 546 valence electrons. The zero-order valence-corrected chi connectivity index (χ0v) is 61.8. The highest BCUT2D eigenvalue weighted by atomic mass is 31.2. The van der Waals surface area contributed by atoms with Crippen molar-refractivity contribution in [2.24, 2.45) is 17.8 Å². The second-order valence-corrected chi connectivity index (χ2v) is 30.4. The lowest BCUT2D eigenvalue weighted by atomic mass is 10.00. The van der Waals surface area contributed by atoms with E-state index in [-0.39, 0.29) is 25.7 Å². The summed E-state index contributed by atoms with van der Waals surface area (Å²) in [5, 5.41) is 10.6. The van der Waals surface area contributed by atoms with Crippen molar-refractivity contribution in [3.8, 4) is 0 Å². The average molecular weight is 1350 g/mol. The molecule has 0 bridgehead atoms. The first-order valence-electron chi connectivity index (χ1n) is 37.9. The number of aliphatic hydroxyl groups is 1. The quantitative estimate of drug-likeness (QED) is 0.0222. The van der Waals surface area contributed by atoms with Crippen LogP contribution in [0.5, 0.6) is 0 Å². The Labute approximate surface area is 562 Å². The molecule has 0 aliphatic rings. The molecule has 17 nitrogen and oxygen atoms in total. The Balaban J connectivity index is 5.25. The maximum absolute atomic E-state index is 13.1. The van der Waals surface area contributed by atoms with Crippen molar-refractivity contribution in [3.63, 3.8) is 0 Å². The molecule has 6 atom stereocenters. The van der Waals surface area contributed by atoms with E-state index in [0.29, 0.717) is 25.7 Å². The van der Waals surface area contributed by atoms with E-state index in [4.69, 9.17) is 37.0 Å². The second-order valence-electron chi connectivity index (χ2n) is 27.5. The summed E-state index contributed by atoms with van der Waals surface area (Å²) in [6.45, 7) is 11.8. The molecule has 0 aromatic carbocycles. The Morgan fingerprint density at radius 2 is 0.554 bits per heavy atom. The molecular formula is C73H142O17P2. The first-order chi connectivity index (χ1) is 44.3. The molecule has 0 amide bonds. The standard InChI is InChI=1S/C73H142O17P2/c1-8-10-11-12-13-14-15-16-17-18-19-20-21-28-33-42-49-56-72(77)89-68(60-83-70(75)54-47-40-32-27-23-22-25-30-37-44-51-64(3)4)62-87-91(79,80)85-58-67(74)59-86-92(81,82)88-63-69(61-84-71(76)55-48-41-36-35-39-46-53-66(7)9-2)90-73(78)57-50-43-34-29-24-26-31-38-45-52-65(5)6/h64-69,74H,8-63H2,1-7H3,(H,79,80)(H,81,82)/t66?,67-,68-,69-/m1/s1. The summed E-state index contributed by atoms with van der Waals surface area (Å²) in [5.74, 6) is 0.103. The van der Waals surface area contributed by atoms with Gasteiger partial charge in [-0.15, -0.1) is 0 Å². The summed E-state index contributed by atoms with van der Waals surface area (Å²) in [5.41, 5.74) is 0. The number of carbonyl (C=O) groups is 4. The predicted octanol–water partition coefficient (Wildman–Crippen LogP) is 21.0. The van der Waals surface area contributed by atoms with Crippen LogP contribution in [-0.2, 0) is 65.4 Å². The molecule has 0 aromatic heterocycles. The number of ether oxygens (including phenoxy) is 4. The Morgan fingerprint density at radius 3 is 0.826 bits per heavy atom. The van der Waals surface area contributed by atoms with Crippen LogP contribution < -0.4 is 0 Å². The average Bonchev–Trinajstić information content (AvgIpc) is 1.75. The van der Waals surface area contributed by atoms with Crippen molar-refractivity contribution in [2.75, 3.05) is 39.6 Å². The molecule has 0 aliphatic heterocycles. The van der Waals surface area contributed by atoms with E-state index in [1.807, 2.05) is 0 Å². The van der Waals surface area contributed by atoms with Crippen molar-refractivity contribution in [1.82, 2.24) is 0 Å². The largest absolute Gasteiger partial charge is 0.472 e. The lowest BCUT2D eigenvalue weighted by Gasteiger charge is -2.21. The van der Waals surface area contributed by atoms with Gasteiger partial charge < -0.3 is 33.8 Å². The van der Waals surface area contributed by atoms with Gasteiger partial charge in [-0.05, 0) is 43.4 Å². The van der Waals surface area contributed by atoms with Gasteiger partial charge >= 0.3 is 39.5 Å². The third-order valence-electron chi connectivity index (χ3n) is 17.2. The Kier molecular flexibility index (Phi) is 62.4. The first kappa shape index (κ1) is 90.1. The number of carbonyl (C=O) groups excluding carboxylic acids is 4. The van der Waals surface area contributed by atoms with E-state index in [9.17, 15) is 43.2 Å². The summed E-state index contributed by atoms with van der Waals surface area (Å²) in [6, 6.07) is 0. The second kappa shape index (κ2) is 63.8. The zero-order chi connectivity index (χ0) is 68.0. The van der Waals surface area contributed by atoms with E-state index in [1.54, 1.807) is 0 Å². The van der Waals surface area contributed by atoms with Crippen molar-refractivity contribution in [1.29, 1.82) is 0 Å². The van der Waals surface area contributed by atoms with Crippen LogP contribution in [0.4, 0.5) is 0 Å². The fraction of sp³-hybridized carbons (Fsp3) is 0.945. The first-order valence-corrected chi connectivity index (χ1v) is 40.9. The Hall–Kier alpha value is -1.94. The molecule has 3 unspecified atom stereocenters.